The summed E-state index contributed by atoms with van der Waals surface area (Å²) in [6.45, 7) is 14.1. The van der Waals surface area contributed by atoms with Gasteiger partial charge >= 0.3 is 0 Å². The van der Waals surface area contributed by atoms with E-state index in [1.807, 2.05) is 58.3 Å². The third-order valence-corrected chi connectivity index (χ3v) is 4.39. The number of aromatic hydroxyl groups is 1. The number of hydrogen-bond donors (Lipinski definition) is 1. The van der Waals surface area contributed by atoms with Gasteiger partial charge in [0.25, 0.3) is 0 Å². The molecule has 0 fully saturated rings. The van der Waals surface area contributed by atoms with Crippen LogP contribution in [0.15, 0.2) is 54.6 Å². The predicted octanol–water partition coefficient (Wildman–Crippen LogP) is 6.03. The number of phenolic OH excluding ortho intramolecular Hbond substituents is 1. The lowest BCUT2D eigenvalue weighted by Gasteiger charge is -2.18. The van der Waals surface area contributed by atoms with Crippen LogP contribution in [0.2, 0.25) is 0 Å². The van der Waals surface area contributed by atoms with Crippen LogP contribution in [0.25, 0.3) is 11.1 Å². The molecule has 0 aromatic heterocycles. The summed E-state index contributed by atoms with van der Waals surface area (Å²) in [6.07, 6.45) is 0. The van der Waals surface area contributed by atoms with Crippen LogP contribution >= 0.6 is 0 Å². The van der Waals surface area contributed by atoms with E-state index in [4.69, 9.17) is 0 Å². The largest absolute Gasteiger partial charge is 0.507 e. The molecule has 0 aliphatic carbocycles. The van der Waals surface area contributed by atoms with Crippen molar-refractivity contribution in [2.45, 2.75) is 47.1 Å². The van der Waals surface area contributed by atoms with Gasteiger partial charge in [0.05, 0.1) is 0 Å². The Kier molecular flexibility index (Phi) is 9.14. The smallest absolute Gasteiger partial charge is 0.160 e. The minimum atomic E-state index is 0.104. The first kappa shape index (κ1) is 23.6. The van der Waals surface area contributed by atoms with E-state index in [-0.39, 0.29) is 11.7 Å². The lowest BCUT2D eigenvalue weighted by Crippen LogP contribution is -2.11. The van der Waals surface area contributed by atoms with Gasteiger partial charge in [-0.3, -0.25) is 4.79 Å². The fourth-order valence-electron chi connectivity index (χ4n) is 2.84. The number of rotatable bonds is 6. The van der Waals surface area contributed by atoms with Gasteiger partial charge in [0.1, 0.15) is 5.75 Å². The lowest BCUT2D eigenvalue weighted by molar-refractivity contribution is -0.118. The summed E-state index contributed by atoms with van der Waals surface area (Å²) in [7, 11) is 4.04. The number of phenols is 1. The molecule has 2 rings (SSSR count). The molecule has 3 heteroatoms. The van der Waals surface area contributed by atoms with E-state index >= 15 is 0 Å². The molecular weight excluding hydrogens is 346 g/mol. The second-order valence-electron chi connectivity index (χ2n) is 8.13. The topological polar surface area (TPSA) is 40.5 Å². The number of carbonyl (C=O) groups is 1. The van der Waals surface area contributed by atoms with Gasteiger partial charge < -0.3 is 10.0 Å². The molecule has 0 saturated carbocycles. The Labute approximate surface area is 170 Å². The van der Waals surface area contributed by atoms with Gasteiger partial charge in [-0.2, -0.15) is 0 Å². The van der Waals surface area contributed by atoms with Gasteiger partial charge in [-0.1, -0.05) is 70.7 Å². The number of Topliss-reactive ketones (excluding diaryl/α,β-unsaturated/α-hetero) is 1. The van der Waals surface area contributed by atoms with E-state index in [0.717, 1.165) is 23.2 Å². The van der Waals surface area contributed by atoms with Crippen molar-refractivity contribution in [3.05, 3.63) is 65.7 Å². The second-order valence-corrected chi connectivity index (χ2v) is 8.13. The Morgan fingerprint density at radius 3 is 2.04 bits per heavy atom. The number of nitrogens with zero attached hydrogens (tertiary/aromatic N) is 1. The van der Waals surface area contributed by atoms with Crippen LogP contribution < -0.4 is 0 Å². The van der Waals surface area contributed by atoms with Crippen LogP contribution in [-0.2, 0) is 11.3 Å². The number of hydrogen-bond acceptors (Lipinski definition) is 3. The zero-order valence-electron chi connectivity index (χ0n) is 18.4. The first-order valence-electron chi connectivity index (χ1n) is 9.80. The molecule has 1 N–H and O–H groups in total. The van der Waals surface area contributed by atoms with Crippen LogP contribution in [0.1, 0.15) is 51.7 Å². The van der Waals surface area contributed by atoms with E-state index < -0.39 is 0 Å². The third kappa shape index (κ3) is 6.97. The Morgan fingerprint density at radius 1 is 1.07 bits per heavy atom. The molecule has 0 amide bonds. The normalized spacial score (nSPS) is 10.8. The average Bonchev–Trinajstić information content (AvgIpc) is 2.63. The molecule has 2 aromatic carbocycles. The number of carbonyl (C=O) groups excluding carboxylic acids is 1. The van der Waals surface area contributed by atoms with Gasteiger partial charge in [-0.25, -0.2) is 0 Å². The van der Waals surface area contributed by atoms with Gasteiger partial charge in [-0.05, 0) is 49.7 Å². The maximum absolute atomic E-state index is 10.7. The van der Waals surface area contributed by atoms with Crippen LogP contribution in [0.5, 0.6) is 5.75 Å². The SMILES string of the molecule is C=C(C)C(=O)C(C)C.CC(C)c1cc(CN(C)C)c(O)c(-c2ccccc2)c1. The standard InChI is InChI=1S/C18H23NO.C7H12O/c1-13(2)15-10-16(12-19(3)4)18(20)17(11-15)14-8-6-5-7-9-14;1-5(2)7(8)6(3)4/h5-11,13,20H,12H2,1-4H3;6H,1H2,2-4H3. The van der Waals surface area contributed by atoms with Gasteiger partial charge in [0, 0.05) is 23.6 Å². The number of benzene rings is 2. The fourth-order valence-corrected chi connectivity index (χ4v) is 2.84. The molecule has 0 aliphatic heterocycles. The first-order chi connectivity index (χ1) is 13.0. The van der Waals surface area contributed by atoms with Crippen LogP contribution in [0.3, 0.4) is 0 Å². The average molecular weight is 382 g/mol. The minimum absolute atomic E-state index is 0.104. The summed E-state index contributed by atoms with van der Waals surface area (Å²) in [4.78, 5) is 12.8. The maximum Gasteiger partial charge on any atom is 0.160 e. The summed E-state index contributed by atoms with van der Waals surface area (Å²) in [5, 5.41) is 10.6. The number of ketones is 1. The summed E-state index contributed by atoms with van der Waals surface area (Å²) < 4.78 is 0. The molecule has 28 heavy (non-hydrogen) atoms. The Hall–Kier alpha value is -2.39. The summed E-state index contributed by atoms with van der Waals surface area (Å²) in [5.74, 6) is 1.10. The van der Waals surface area contributed by atoms with Crippen molar-refractivity contribution in [2.75, 3.05) is 14.1 Å². The first-order valence-corrected chi connectivity index (χ1v) is 9.80. The summed E-state index contributed by atoms with van der Waals surface area (Å²) in [6, 6.07) is 14.3. The number of allylic oxidation sites excluding steroid dienone is 1. The van der Waals surface area contributed by atoms with Crippen molar-refractivity contribution >= 4 is 5.78 Å². The Balaban J connectivity index is 0.000000416. The molecule has 0 aliphatic rings. The highest BCUT2D eigenvalue weighted by Crippen LogP contribution is 2.36. The predicted molar refractivity (Wildman–Crippen MR) is 120 cm³/mol. The van der Waals surface area contributed by atoms with Crippen LogP contribution in [0.4, 0.5) is 0 Å². The van der Waals surface area contributed by atoms with Gasteiger partial charge in [0.2, 0.25) is 0 Å². The van der Waals surface area contributed by atoms with Crippen molar-refractivity contribution in [1.82, 2.24) is 4.90 Å². The molecule has 3 nitrogen and oxygen atoms in total. The van der Waals surface area contributed by atoms with Crippen molar-refractivity contribution in [1.29, 1.82) is 0 Å². The molecular formula is C25H35NO2. The molecule has 0 spiro atoms. The zero-order valence-corrected chi connectivity index (χ0v) is 18.4. The maximum atomic E-state index is 10.7. The van der Waals surface area contributed by atoms with Crippen LogP contribution in [0, 0.1) is 5.92 Å². The molecule has 152 valence electrons. The summed E-state index contributed by atoms with van der Waals surface area (Å²) >= 11 is 0. The van der Waals surface area contributed by atoms with Gasteiger partial charge in [-0.15, -0.1) is 0 Å². The highest BCUT2D eigenvalue weighted by Gasteiger charge is 2.13. The monoisotopic (exact) mass is 381 g/mol. The van der Waals surface area contributed by atoms with E-state index in [9.17, 15) is 9.90 Å². The minimum Gasteiger partial charge on any atom is -0.507 e. The Bertz CT molecular complexity index is 790. The van der Waals surface area contributed by atoms with E-state index in [0.29, 0.717) is 17.2 Å². The molecule has 0 saturated heterocycles. The molecule has 0 atom stereocenters. The summed E-state index contributed by atoms with van der Waals surface area (Å²) in [5.41, 5.74) is 4.89. The molecule has 0 bridgehead atoms. The molecule has 0 unspecified atom stereocenters. The van der Waals surface area contributed by atoms with E-state index in [1.54, 1.807) is 6.92 Å². The Morgan fingerprint density at radius 2 is 1.64 bits per heavy atom. The highest BCUT2D eigenvalue weighted by molar-refractivity contribution is 5.95. The zero-order chi connectivity index (χ0) is 21.4. The highest BCUT2D eigenvalue weighted by atomic mass is 16.3. The molecule has 0 radical (unpaired) electrons. The van der Waals surface area contributed by atoms with Crippen molar-refractivity contribution in [3.63, 3.8) is 0 Å². The van der Waals surface area contributed by atoms with Crippen molar-refractivity contribution < 1.29 is 9.90 Å². The van der Waals surface area contributed by atoms with Gasteiger partial charge in [0.15, 0.2) is 5.78 Å². The van der Waals surface area contributed by atoms with Crippen molar-refractivity contribution in [3.8, 4) is 16.9 Å². The molecule has 2 aromatic rings. The second kappa shape index (κ2) is 10.8. The quantitative estimate of drug-likeness (QED) is 0.621. The van der Waals surface area contributed by atoms with E-state index in [2.05, 4.69) is 37.5 Å². The third-order valence-electron chi connectivity index (χ3n) is 4.39. The van der Waals surface area contributed by atoms with Crippen molar-refractivity contribution in [2.24, 2.45) is 5.92 Å². The fraction of sp³-hybridized carbons (Fsp3) is 0.400. The van der Waals surface area contributed by atoms with E-state index in [1.165, 1.54) is 5.56 Å². The molecule has 0 heterocycles. The lowest BCUT2D eigenvalue weighted by atomic mass is 9.93. The van der Waals surface area contributed by atoms with Crippen LogP contribution in [-0.4, -0.2) is 29.9 Å².